The zero-order chi connectivity index (χ0) is 14.8. The molecule has 0 N–H and O–H groups in total. The molecule has 0 spiro atoms. The predicted octanol–water partition coefficient (Wildman–Crippen LogP) is 4.26. The minimum absolute atomic E-state index is 0.350. The van der Waals surface area contributed by atoms with E-state index < -0.39 is 5.97 Å². The van der Waals surface area contributed by atoms with Gasteiger partial charge in [0.1, 0.15) is 5.52 Å². The third kappa shape index (κ3) is 2.89. The number of benzene rings is 1. The molecule has 0 aliphatic heterocycles. The van der Waals surface area contributed by atoms with Crippen molar-refractivity contribution in [2.24, 2.45) is 0 Å². The van der Waals surface area contributed by atoms with E-state index in [2.05, 4.69) is 25.9 Å². The van der Waals surface area contributed by atoms with E-state index in [-0.39, 0.29) is 0 Å². The molecule has 4 nitrogen and oxygen atoms in total. The Kier molecular flexibility index (Phi) is 3.86. The highest BCUT2D eigenvalue weighted by Gasteiger charge is 2.13. The van der Waals surface area contributed by atoms with Crippen molar-refractivity contribution in [2.45, 2.75) is 0 Å². The first-order chi connectivity index (χ1) is 10.1. The fraction of sp³-hybridized carbons (Fsp3) is 0. The van der Waals surface area contributed by atoms with Crippen LogP contribution in [0.2, 0.25) is 5.02 Å². The molecule has 0 amide bonds. The Hall–Kier alpha value is -1.98. The first-order valence-electron chi connectivity index (χ1n) is 6.01. The van der Waals surface area contributed by atoms with Gasteiger partial charge in [-0.2, -0.15) is 0 Å². The van der Waals surface area contributed by atoms with Gasteiger partial charge in [-0.05, 0) is 46.3 Å². The van der Waals surface area contributed by atoms with Crippen LogP contribution in [0.4, 0.5) is 0 Å². The third-order valence-electron chi connectivity index (χ3n) is 2.82. The smallest absolute Gasteiger partial charge is 0.345 e. The number of carbonyl (C=O) groups is 1. The van der Waals surface area contributed by atoms with Crippen molar-refractivity contribution in [3.05, 3.63) is 64.0 Å². The Labute approximate surface area is 133 Å². The van der Waals surface area contributed by atoms with E-state index >= 15 is 0 Å². The SMILES string of the molecule is O=C(Oc1ccc(Cl)c2cccnc12)c1cncc(Br)c1. The van der Waals surface area contributed by atoms with Gasteiger partial charge in [-0.1, -0.05) is 11.6 Å². The number of halogens is 2. The summed E-state index contributed by atoms with van der Waals surface area (Å²) in [6.45, 7) is 0. The summed E-state index contributed by atoms with van der Waals surface area (Å²) in [7, 11) is 0. The molecule has 104 valence electrons. The molecule has 6 heteroatoms. The van der Waals surface area contributed by atoms with E-state index in [1.54, 1.807) is 36.7 Å². The number of aromatic nitrogens is 2. The monoisotopic (exact) mass is 362 g/mol. The number of hydrogen-bond acceptors (Lipinski definition) is 4. The number of nitrogens with zero attached hydrogens (tertiary/aromatic N) is 2. The molecular formula is C15H8BrClN2O2. The molecule has 3 rings (SSSR count). The van der Waals surface area contributed by atoms with Crippen LogP contribution in [-0.4, -0.2) is 15.9 Å². The minimum atomic E-state index is -0.502. The Morgan fingerprint density at radius 3 is 2.90 bits per heavy atom. The molecule has 0 fully saturated rings. The average molecular weight is 364 g/mol. The Balaban J connectivity index is 1.99. The zero-order valence-electron chi connectivity index (χ0n) is 10.6. The molecule has 2 aromatic heterocycles. The Morgan fingerprint density at radius 1 is 1.24 bits per heavy atom. The lowest BCUT2D eigenvalue weighted by Crippen LogP contribution is -2.09. The normalized spacial score (nSPS) is 10.6. The van der Waals surface area contributed by atoms with E-state index in [1.165, 1.54) is 6.20 Å². The van der Waals surface area contributed by atoms with Gasteiger partial charge in [0.2, 0.25) is 0 Å². The molecule has 0 unspecified atom stereocenters. The lowest BCUT2D eigenvalue weighted by molar-refractivity contribution is 0.0736. The van der Waals surface area contributed by atoms with Crippen molar-refractivity contribution in [3.63, 3.8) is 0 Å². The quantitative estimate of drug-likeness (QED) is 0.504. The van der Waals surface area contributed by atoms with Crippen LogP contribution in [-0.2, 0) is 0 Å². The van der Waals surface area contributed by atoms with E-state index in [0.717, 1.165) is 5.39 Å². The van der Waals surface area contributed by atoms with E-state index in [1.807, 2.05) is 6.07 Å². The molecule has 1 aromatic carbocycles. The van der Waals surface area contributed by atoms with Crippen molar-refractivity contribution in [1.29, 1.82) is 0 Å². The van der Waals surface area contributed by atoms with E-state index in [0.29, 0.717) is 26.3 Å². The van der Waals surface area contributed by atoms with Gasteiger partial charge in [-0.15, -0.1) is 0 Å². The van der Waals surface area contributed by atoms with Crippen molar-refractivity contribution < 1.29 is 9.53 Å². The van der Waals surface area contributed by atoms with Gasteiger partial charge in [0.25, 0.3) is 0 Å². The maximum Gasteiger partial charge on any atom is 0.345 e. The van der Waals surface area contributed by atoms with Gasteiger partial charge < -0.3 is 4.74 Å². The minimum Gasteiger partial charge on any atom is -0.421 e. The maximum atomic E-state index is 12.2. The van der Waals surface area contributed by atoms with Gasteiger partial charge >= 0.3 is 5.97 Å². The van der Waals surface area contributed by atoms with Gasteiger partial charge in [-0.25, -0.2) is 4.79 Å². The lowest BCUT2D eigenvalue weighted by atomic mass is 10.2. The fourth-order valence-corrected chi connectivity index (χ4v) is 2.46. The number of esters is 1. The van der Waals surface area contributed by atoms with Crippen LogP contribution in [0.5, 0.6) is 5.75 Å². The molecule has 2 heterocycles. The van der Waals surface area contributed by atoms with Gasteiger partial charge in [-0.3, -0.25) is 9.97 Å². The number of carbonyl (C=O) groups excluding carboxylic acids is 1. The van der Waals surface area contributed by atoms with Gasteiger partial charge in [0.15, 0.2) is 5.75 Å². The molecule has 0 aliphatic rings. The predicted molar refractivity (Wildman–Crippen MR) is 83.6 cm³/mol. The number of fused-ring (bicyclic) bond motifs is 1. The lowest BCUT2D eigenvalue weighted by Gasteiger charge is -2.08. The summed E-state index contributed by atoms with van der Waals surface area (Å²) >= 11 is 9.37. The molecular weight excluding hydrogens is 356 g/mol. The molecule has 0 radical (unpaired) electrons. The Bertz CT molecular complexity index is 839. The summed E-state index contributed by atoms with van der Waals surface area (Å²) in [4.78, 5) is 20.3. The van der Waals surface area contributed by atoms with E-state index in [9.17, 15) is 4.79 Å². The molecule has 0 saturated heterocycles. The second-order valence-electron chi connectivity index (χ2n) is 4.23. The van der Waals surface area contributed by atoms with Crippen molar-refractivity contribution >= 4 is 44.4 Å². The molecule has 3 aromatic rings. The topological polar surface area (TPSA) is 52.1 Å². The summed E-state index contributed by atoms with van der Waals surface area (Å²) in [5.41, 5.74) is 0.893. The highest BCUT2D eigenvalue weighted by atomic mass is 79.9. The molecule has 21 heavy (non-hydrogen) atoms. The van der Waals surface area contributed by atoms with Crippen LogP contribution in [0.15, 0.2) is 53.4 Å². The summed E-state index contributed by atoms with van der Waals surface area (Å²) in [5, 5.41) is 1.29. The molecule has 0 bridgehead atoms. The van der Waals surface area contributed by atoms with E-state index in [4.69, 9.17) is 16.3 Å². The number of pyridine rings is 2. The summed E-state index contributed by atoms with van der Waals surface area (Å²) in [6.07, 6.45) is 4.66. The largest absolute Gasteiger partial charge is 0.421 e. The molecule has 0 atom stereocenters. The van der Waals surface area contributed by atoms with Crippen molar-refractivity contribution in [2.75, 3.05) is 0 Å². The van der Waals surface area contributed by atoms with Gasteiger partial charge in [0, 0.05) is 28.4 Å². The van der Waals surface area contributed by atoms with Crippen molar-refractivity contribution in [1.82, 2.24) is 9.97 Å². The van der Waals surface area contributed by atoms with Crippen LogP contribution >= 0.6 is 27.5 Å². The van der Waals surface area contributed by atoms with Crippen LogP contribution in [0, 0.1) is 0 Å². The fourth-order valence-electron chi connectivity index (χ4n) is 1.88. The summed E-state index contributed by atoms with van der Waals surface area (Å²) in [5.74, 6) is -0.141. The van der Waals surface area contributed by atoms with Crippen LogP contribution in [0.25, 0.3) is 10.9 Å². The number of hydrogen-bond donors (Lipinski definition) is 0. The molecule has 0 aliphatic carbocycles. The first-order valence-corrected chi connectivity index (χ1v) is 7.18. The van der Waals surface area contributed by atoms with Crippen molar-refractivity contribution in [3.8, 4) is 5.75 Å². The van der Waals surface area contributed by atoms with Crippen LogP contribution in [0.3, 0.4) is 0 Å². The summed E-state index contributed by atoms with van der Waals surface area (Å²) in [6, 6.07) is 8.54. The zero-order valence-corrected chi connectivity index (χ0v) is 12.9. The average Bonchev–Trinajstić information content (AvgIpc) is 2.50. The Morgan fingerprint density at radius 2 is 2.10 bits per heavy atom. The third-order valence-corrected chi connectivity index (χ3v) is 3.59. The van der Waals surface area contributed by atoms with Crippen LogP contribution < -0.4 is 4.74 Å². The maximum absolute atomic E-state index is 12.2. The second kappa shape index (κ2) is 5.79. The standard InChI is InChI=1S/C15H8BrClN2O2/c16-10-6-9(7-18-8-10)15(20)21-13-4-3-12(17)11-2-1-5-19-14(11)13/h1-8H. The second-order valence-corrected chi connectivity index (χ2v) is 5.55. The van der Waals surface area contributed by atoms with Gasteiger partial charge in [0.05, 0.1) is 10.6 Å². The first kappa shape index (κ1) is 14.0. The number of ether oxygens (including phenoxy) is 1. The highest BCUT2D eigenvalue weighted by Crippen LogP contribution is 2.30. The highest BCUT2D eigenvalue weighted by molar-refractivity contribution is 9.10. The number of rotatable bonds is 2. The van der Waals surface area contributed by atoms with Crippen LogP contribution in [0.1, 0.15) is 10.4 Å². The summed E-state index contributed by atoms with van der Waals surface area (Å²) < 4.78 is 6.11. The molecule has 0 saturated carbocycles.